The Kier molecular flexibility index (Phi) is 5.65. The van der Waals surface area contributed by atoms with E-state index in [0.717, 1.165) is 16.2 Å². The molecule has 2 fully saturated rings. The van der Waals surface area contributed by atoms with Crippen LogP contribution >= 0.6 is 11.6 Å². The Hall–Kier alpha value is -3.94. The first-order valence-corrected chi connectivity index (χ1v) is 11.0. The number of amides is 2. The van der Waals surface area contributed by atoms with Gasteiger partial charge in [-0.1, -0.05) is 54.1 Å². The lowest BCUT2D eigenvalue weighted by Crippen LogP contribution is -2.39. The molecule has 0 aliphatic carbocycles. The van der Waals surface area contributed by atoms with Crippen LogP contribution in [0.2, 0.25) is 5.02 Å². The number of aromatic carboxylic acids is 1. The summed E-state index contributed by atoms with van der Waals surface area (Å²) in [4.78, 5) is 45.0. The Balaban J connectivity index is 1.50. The molecule has 3 unspecified atom stereocenters. The van der Waals surface area contributed by atoms with Crippen LogP contribution in [0, 0.1) is 5.92 Å². The Morgan fingerprint density at radius 2 is 1.65 bits per heavy atom. The van der Waals surface area contributed by atoms with E-state index in [1.807, 2.05) is 54.6 Å². The summed E-state index contributed by atoms with van der Waals surface area (Å²) in [5, 5.41) is 11.3. The normalized spacial score (nSPS) is 22.0. The van der Waals surface area contributed by atoms with Crippen LogP contribution in [0.5, 0.6) is 0 Å². The maximum atomic E-state index is 13.5. The number of carboxylic acid groups (broad SMARTS) is 1. The molecule has 3 atom stereocenters. The highest BCUT2D eigenvalue weighted by Crippen LogP contribution is 2.41. The topological polar surface area (TPSA) is 87.2 Å². The number of anilines is 2. The lowest BCUT2D eigenvalue weighted by Gasteiger charge is -2.26. The van der Waals surface area contributed by atoms with Crippen molar-refractivity contribution in [2.24, 2.45) is 5.92 Å². The van der Waals surface area contributed by atoms with Crippen LogP contribution in [0.25, 0.3) is 6.08 Å². The van der Waals surface area contributed by atoms with Crippen molar-refractivity contribution < 1.29 is 24.3 Å². The fourth-order valence-electron chi connectivity index (χ4n) is 4.28. The van der Waals surface area contributed by atoms with E-state index in [1.165, 1.54) is 24.3 Å². The van der Waals surface area contributed by atoms with Gasteiger partial charge in [-0.15, -0.1) is 0 Å². The van der Waals surface area contributed by atoms with Gasteiger partial charge in [0.15, 0.2) is 6.10 Å². The predicted molar refractivity (Wildman–Crippen MR) is 127 cm³/mol. The van der Waals surface area contributed by atoms with Crippen LogP contribution < -0.4 is 9.96 Å². The molecule has 34 heavy (non-hydrogen) atoms. The largest absolute Gasteiger partial charge is 0.478 e. The molecule has 0 aromatic heterocycles. The molecule has 1 N–H and O–H groups in total. The van der Waals surface area contributed by atoms with Crippen LogP contribution in [-0.2, 0) is 14.4 Å². The van der Waals surface area contributed by atoms with E-state index < -0.39 is 35.8 Å². The van der Waals surface area contributed by atoms with Crippen LogP contribution in [0.1, 0.15) is 15.9 Å². The Bertz CT molecular complexity index is 1290. The maximum Gasteiger partial charge on any atom is 0.335 e. The first-order chi connectivity index (χ1) is 16.4. The number of carbonyl (C=O) groups excluding carboxylic acids is 2. The van der Waals surface area contributed by atoms with E-state index in [-0.39, 0.29) is 5.56 Å². The average Bonchev–Trinajstić information content (AvgIpc) is 3.34. The van der Waals surface area contributed by atoms with Crippen molar-refractivity contribution >= 4 is 46.8 Å². The first kappa shape index (κ1) is 21.9. The minimum absolute atomic E-state index is 0.0665. The van der Waals surface area contributed by atoms with Crippen LogP contribution in [0.3, 0.4) is 0 Å². The number of imide groups is 1. The van der Waals surface area contributed by atoms with Crippen LogP contribution in [-0.4, -0.2) is 35.0 Å². The third-order valence-corrected chi connectivity index (χ3v) is 6.11. The van der Waals surface area contributed by atoms with Crippen LogP contribution in [0.15, 0.2) is 84.9 Å². The van der Waals surface area contributed by atoms with Gasteiger partial charge in [0, 0.05) is 5.02 Å². The predicted octanol–water partition coefficient (Wildman–Crippen LogP) is 4.43. The van der Waals surface area contributed by atoms with E-state index in [9.17, 15) is 14.4 Å². The molecule has 2 saturated heterocycles. The summed E-state index contributed by atoms with van der Waals surface area (Å²) in [7, 11) is 0. The fraction of sp³-hybridized carbons (Fsp3) is 0.115. The van der Waals surface area contributed by atoms with Crippen molar-refractivity contribution in [2.75, 3.05) is 9.96 Å². The van der Waals surface area contributed by atoms with Gasteiger partial charge >= 0.3 is 5.97 Å². The summed E-state index contributed by atoms with van der Waals surface area (Å²) in [5.74, 6) is -2.76. The summed E-state index contributed by atoms with van der Waals surface area (Å²) < 4.78 is 0. The van der Waals surface area contributed by atoms with Gasteiger partial charge in [-0.25, -0.2) is 14.8 Å². The number of carboxylic acids is 1. The third-order valence-electron chi connectivity index (χ3n) is 5.88. The average molecular weight is 475 g/mol. The SMILES string of the molecule is O=C(O)c1ccc(N2C(=O)C3ON(c4ccccc4)C(/C=C/c4cccc(Cl)c4)C3C2=O)cc1. The van der Waals surface area contributed by atoms with Gasteiger partial charge in [0.05, 0.1) is 23.0 Å². The molecule has 170 valence electrons. The second kappa shape index (κ2) is 8.78. The molecule has 7 nitrogen and oxygen atoms in total. The molecule has 2 aliphatic heterocycles. The molecule has 3 aromatic rings. The number of halogens is 1. The van der Waals surface area contributed by atoms with Gasteiger partial charge in [0.25, 0.3) is 5.91 Å². The monoisotopic (exact) mass is 474 g/mol. The number of para-hydroxylation sites is 1. The lowest BCUT2D eigenvalue weighted by molar-refractivity contribution is -0.126. The third kappa shape index (κ3) is 3.85. The summed E-state index contributed by atoms with van der Waals surface area (Å²) in [5.41, 5.74) is 1.94. The number of benzene rings is 3. The van der Waals surface area contributed by atoms with Crippen molar-refractivity contribution in [1.82, 2.24) is 0 Å². The van der Waals surface area contributed by atoms with Crippen LogP contribution in [0.4, 0.5) is 11.4 Å². The van der Waals surface area contributed by atoms with Gasteiger partial charge in [-0.05, 0) is 54.1 Å². The van der Waals surface area contributed by atoms with Crippen molar-refractivity contribution in [2.45, 2.75) is 12.1 Å². The summed E-state index contributed by atoms with van der Waals surface area (Å²) in [6.07, 6.45) is 2.69. The van der Waals surface area contributed by atoms with Crippen molar-refractivity contribution in [3.8, 4) is 0 Å². The highest BCUT2D eigenvalue weighted by atomic mass is 35.5. The minimum atomic E-state index is -1.09. The zero-order valence-electron chi connectivity index (χ0n) is 17.7. The lowest BCUT2D eigenvalue weighted by atomic mass is 9.95. The van der Waals surface area contributed by atoms with E-state index in [4.69, 9.17) is 21.5 Å². The maximum absolute atomic E-state index is 13.5. The molecular formula is C26H19ClN2O5. The van der Waals surface area contributed by atoms with Gasteiger partial charge in [-0.3, -0.25) is 14.4 Å². The van der Waals surface area contributed by atoms with Crippen molar-refractivity contribution in [3.63, 3.8) is 0 Å². The molecule has 2 aliphatic rings. The zero-order valence-corrected chi connectivity index (χ0v) is 18.5. The molecule has 0 radical (unpaired) electrons. The Labute approximate surface area is 200 Å². The number of hydrogen-bond donors (Lipinski definition) is 1. The number of rotatable bonds is 5. The first-order valence-electron chi connectivity index (χ1n) is 10.6. The molecule has 3 aromatic carbocycles. The van der Waals surface area contributed by atoms with Crippen molar-refractivity contribution in [3.05, 3.63) is 101 Å². The summed E-state index contributed by atoms with van der Waals surface area (Å²) in [6, 6.07) is 21.6. The number of hydrogen-bond acceptors (Lipinski definition) is 5. The highest BCUT2D eigenvalue weighted by Gasteiger charge is 2.59. The molecule has 2 amide bonds. The second-order valence-corrected chi connectivity index (χ2v) is 8.42. The van der Waals surface area contributed by atoms with Gasteiger partial charge < -0.3 is 5.11 Å². The Morgan fingerprint density at radius 1 is 0.912 bits per heavy atom. The fourth-order valence-corrected chi connectivity index (χ4v) is 4.47. The second-order valence-electron chi connectivity index (χ2n) is 7.98. The number of hydroxylamine groups is 1. The van der Waals surface area contributed by atoms with E-state index in [1.54, 1.807) is 17.2 Å². The molecule has 0 bridgehead atoms. The quantitative estimate of drug-likeness (QED) is 0.550. The smallest absolute Gasteiger partial charge is 0.335 e. The molecule has 2 heterocycles. The molecule has 0 spiro atoms. The molecular weight excluding hydrogens is 456 g/mol. The standard InChI is InChI=1S/C26H19ClN2O5/c27-18-6-4-5-16(15-18)9-14-21-22-23(34-29(21)20-7-2-1-3-8-20)25(31)28(24(22)30)19-12-10-17(11-13-19)26(32)33/h1-15,21-23H,(H,32,33)/b14-9+. The number of carbonyl (C=O) groups is 3. The molecule has 8 heteroatoms. The zero-order chi connectivity index (χ0) is 23.8. The van der Waals surface area contributed by atoms with E-state index in [0.29, 0.717) is 10.7 Å². The summed E-state index contributed by atoms with van der Waals surface area (Å²) >= 11 is 6.10. The van der Waals surface area contributed by atoms with Gasteiger partial charge in [-0.2, -0.15) is 0 Å². The van der Waals surface area contributed by atoms with Gasteiger partial charge in [0.1, 0.15) is 5.92 Å². The van der Waals surface area contributed by atoms with Crippen molar-refractivity contribution in [1.29, 1.82) is 0 Å². The Morgan fingerprint density at radius 3 is 2.32 bits per heavy atom. The van der Waals surface area contributed by atoms with E-state index >= 15 is 0 Å². The molecule has 0 saturated carbocycles. The number of fused-ring (bicyclic) bond motifs is 1. The molecule has 5 rings (SSSR count). The minimum Gasteiger partial charge on any atom is -0.478 e. The summed E-state index contributed by atoms with van der Waals surface area (Å²) in [6.45, 7) is 0. The van der Waals surface area contributed by atoms with Gasteiger partial charge in [0.2, 0.25) is 5.91 Å². The number of nitrogens with zero attached hydrogens (tertiary/aromatic N) is 2. The highest BCUT2D eigenvalue weighted by molar-refractivity contribution is 6.30. The van der Waals surface area contributed by atoms with E-state index in [2.05, 4.69) is 0 Å².